The Balaban J connectivity index is 2.63. The van der Waals surface area contributed by atoms with E-state index in [0.717, 1.165) is 0 Å². The van der Waals surface area contributed by atoms with E-state index in [1.165, 1.54) is 64.2 Å². The molecule has 142 valence electrons. The van der Waals surface area contributed by atoms with Crippen LogP contribution in [0, 0.1) is 0 Å². The van der Waals surface area contributed by atoms with Crippen molar-refractivity contribution in [2.24, 2.45) is 0 Å². The van der Waals surface area contributed by atoms with Crippen LogP contribution in [0.4, 0.5) is 0 Å². The Morgan fingerprint density at radius 3 is 1.21 bits per heavy atom. The highest BCUT2D eigenvalue weighted by molar-refractivity contribution is 5.08. The molecule has 2 saturated heterocycles. The molecule has 2 rings (SSSR count). The van der Waals surface area contributed by atoms with E-state index in [0.29, 0.717) is 11.1 Å². The highest BCUT2D eigenvalue weighted by atomic mass is 15.7. The third-order valence-corrected chi connectivity index (χ3v) is 7.74. The van der Waals surface area contributed by atoms with Crippen LogP contribution < -0.4 is 0 Å². The van der Waals surface area contributed by atoms with Crippen LogP contribution in [-0.2, 0) is 0 Å². The van der Waals surface area contributed by atoms with E-state index in [1.807, 2.05) is 0 Å². The fraction of sp³-hybridized carbons (Fsp3) is 1.00. The molecule has 0 bridgehead atoms. The van der Waals surface area contributed by atoms with E-state index in [1.54, 1.807) is 0 Å². The normalized spacial score (nSPS) is 29.5. The summed E-state index contributed by atoms with van der Waals surface area (Å²) in [5.74, 6) is 0. The number of piperidine rings is 2. The summed E-state index contributed by atoms with van der Waals surface area (Å²) in [7, 11) is 0. The van der Waals surface area contributed by atoms with E-state index >= 15 is 0 Å². The first-order valence-corrected chi connectivity index (χ1v) is 10.8. The Bertz CT molecular complexity index is 380. The van der Waals surface area contributed by atoms with Gasteiger partial charge in [-0.05, 0) is 91.9 Å². The van der Waals surface area contributed by atoms with Gasteiger partial charge in [-0.25, -0.2) is 10.0 Å². The minimum Gasteiger partial charge on any atom is -0.230 e. The van der Waals surface area contributed by atoms with Gasteiger partial charge in [0, 0.05) is 22.2 Å². The summed E-state index contributed by atoms with van der Waals surface area (Å²) < 4.78 is 0. The number of hydrazine groups is 1. The van der Waals surface area contributed by atoms with Gasteiger partial charge < -0.3 is 0 Å². The van der Waals surface area contributed by atoms with Crippen LogP contribution >= 0.6 is 0 Å². The van der Waals surface area contributed by atoms with Crippen molar-refractivity contribution < 1.29 is 0 Å². The van der Waals surface area contributed by atoms with Gasteiger partial charge in [0.25, 0.3) is 0 Å². The lowest BCUT2D eigenvalue weighted by molar-refractivity contribution is -0.289. The van der Waals surface area contributed by atoms with Gasteiger partial charge in [-0.3, -0.25) is 0 Å². The molecular weight excluding hydrogens is 292 g/mol. The molecule has 0 unspecified atom stereocenters. The van der Waals surface area contributed by atoms with Gasteiger partial charge in [-0.1, -0.05) is 27.7 Å². The summed E-state index contributed by atoms with van der Waals surface area (Å²) in [6, 6.07) is 0. The number of rotatable bonds is 5. The smallest absolute Gasteiger partial charge is 0.0358 e. The van der Waals surface area contributed by atoms with Crippen molar-refractivity contribution in [2.75, 3.05) is 0 Å². The lowest BCUT2D eigenvalue weighted by atomic mass is 9.71. The summed E-state index contributed by atoms with van der Waals surface area (Å²) >= 11 is 0. The molecule has 2 nitrogen and oxygen atoms in total. The summed E-state index contributed by atoms with van der Waals surface area (Å²) in [6.07, 6.45) is 13.2. The summed E-state index contributed by atoms with van der Waals surface area (Å²) in [4.78, 5) is 0. The first-order chi connectivity index (χ1) is 11.1. The van der Waals surface area contributed by atoms with Crippen LogP contribution in [0.3, 0.4) is 0 Å². The SMILES string of the molecule is CCC1(CC)CCCC(CC)(CC)N1N1C(C)(C)CCCC1(C)C. The third-order valence-electron chi connectivity index (χ3n) is 7.74. The van der Waals surface area contributed by atoms with E-state index in [9.17, 15) is 0 Å². The van der Waals surface area contributed by atoms with Crippen LogP contribution in [0.25, 0.3) is 0 Å². The molecule has 2 heteroatoms. The molecule has 0 spiro atoms. The van der Waals surface area contributed by atoms with Gasteiger partial charge in [-0.2, -0.15) is 0 Å². The summed E-state index contributed by atoms with van der Waals surface area (Å²) in [5.41, 5.74) is 1.20. The topological polar surface area (TPSA) is 6.48 Å². The van der Waals surface area contributed by atoms with Crippen molar-refractivity contribution in [1.29, 1.82) is 0 Å². The van der Waals surface area contributed by atoms with E-state index in [-0.39, 0.29) is 11.1 Å². The van der Waals surface area contributed by atoms with Gasteiger partial charge >= 0.3 is 0 Å². The highest BCUT2D eigenvalue weighted by Gasteiger charge is 2.57. The fourth-order valence-electron chi connectivity index (χ4n) is 6.22. The quantitative estimate of drug-likeness (QED) is 0.562. The largest absolute Gasteiger partial charge is 0.230 e. The number of nitrogens with zero attached hydrogens (tertiary/aromatic N) is 2. The van der Waals surface area contributed by atoms with Gasteiger partial charge in [0.15, 0.2) is 0 Å². The monoisotopic (exact) mass is 336 g/mol. The zero-order valence-electron chi connectivity index (χ0n) is 18.0. The Morgan fingerprint density at radius 2 is 0.875 bits per heavy atom. The molecule has 0 aliphatic carbocycles. The molecule has 2 aliphatic heterocycles. The summed E-state index contributed by atoms with van der Waals surface area (Å²) in [5, 5.41) is 5.88. The maximum Gasteiger partial charge on any atom is 0.0358 e. The predicted molar refractivity (Wildman–Crippen MR) is 106 cm³/mol. The maximum absolute atomic E-state index is 2.99. The maximum atomic E-state index is 2.99. The van der Waals surface area contributed by atoms with Crippen LogP contribution in [0.5, 0.6) is 0 Å². The second-order valence-electron chi connectivity index (χ2n) is 9.82. The molecule has 0 amide bonds. The second-order valence-corrected chi connectivity index (χ2v) is 9.82. The van der Waals surface area contributed by atoms with Crippen LogP contribution in [0.15, 0.2) is 0 Å². The number of hydrogen-bond donors (Lipinski definition) is 0. The Kier molecular flexibility index (Phi) is 5.83. The first-order valence-electron chi connectivity index (χ1n) is 10.8. The van der Waals surface area contributed by atoms with Crippen LogP contribution in [0.1, 0.15) is 120 Å². The average Bonchev–Trinajstić information content (AvgIpc) is 2.53. The van der Waals surface area contributed by atoms with Crippen molar-refractivity contribution in [1.82, 2.24) is 10.0 Å². The van der Waals surface area contributed by atoms with E-state index in [2.05, 4.69) is 65.4 Å². The van der Waals surface area contributed by atoms with Crippen molar-refractivity contribution in [3.63, 3.8) is 0 Å². The molecule has 0 aromatic carbocycles. The zero-order valence-corrected chi connectivity index (χ0v) is 18.0. The Labute approximate surface area is 152 Å². The van der Waals surface area contributed by atoms with Crippen molar-refractivity contribution in [3.8, 4) is 0 Å². The fourth-order valence-corrected chi connectivity index (χ4v) is 6.22. The minimum absolute atomic E-state index is 0.254. The Hall–Kier alpha value is -0.0800. The molecule has 0 aromatic rings. The predicted octanol–water partition coefficient (Wildman–Crippen LogP) is 6.55. The third kappa shape index (κ3) is 3.07. The van der Waals surface area contributed by atoms with Gasteiger partial charge in [0.05, 0.1) is 0 Å². The molecule has 0 saturated carbocycles. The number of hydrogen-bond acceptors (Lipinski definition) is 2. The summed E-state index contributed by atoms with van der Waals surface area (Å²) in [6.45, 7) is 19.7. The van der Waals surface area contributed by atoms with Gasteiger partial charge in [0.1, 0.15) is 0 Å². The second kappa shape index (κ2) is 6.91. The molecule has 0 atom stereocenters. The molecule has 0 radical (unpaired) electrons. The van der Waals surface area contributed by atoms with E-state index in [4.69, 9.17) is 0 Å². The highest BCUT2D eigenvalue weighted by Crippen LogP contribution is 2.52. The molecule has 0 N–H and O–H groups in total. The molecule has 2 fully saturated rings. The van der Waals surface area contributed by atoms with Crippen molar-refractivity contribution in [2.45, 2.75) is 142 Å². The molecular formula is C22H44N2. The van der Waals surface area contributed by atoms with Crippen molar-refractivity contribution in [3.05, 3.63) is 0 Å². The standard InChI is InChI=1S/C22H44N2/c1-9-21(10-2)17-14-18-22(11-3,12-4)24(21)23-19(5,6)15-13-16-20(23,7)8/h9-18H2,1-8H3. The van der Waals surface area contributed by atoms with Gasteiger partial charge in [0.2, 0.25) is 0 Å². The van der Waals surface area contributed by atoms with Crippen LogP contribution in [-0.4, -0.2) is 32.2 Å². The van der Waals surface area contributed by atoms with Gasteiger partial charge in [-0.15, -0.1) is 0 Å². The first kappa shape index (κ1) is 20.2. The van der Waals surface area contributed by atoms with E-state index < -0.39 is 0 Å². The van der Waals surface area contributed by atoms with Crippen LogP contribution in [0.2, 0.25) is 0 Å². The molecule has 2 aliphatic rings. The minimum atomic E-state index is 0.254. The van der Waals surface area contributed by atoms with Crippen molar-refractivity contribution >= 4 is 0 Å². The lowest BCUT2D eigenvalue weighted by Gasteiger charge is -2.69. The lowest BCUT2D eigenvalue weighted by Crippen LogP contribution is -2.77. The Morgan fingerprint density at radius 1 is 0.542 bits per heavy atom. The molecule has 0 aromatic heterocycles. The average molecular weight is 337 g/mol. The zero-order chi connectivity index (χ0) is 18.2. The molecule has 24 heavy (non-hydrogen) atoms. The molecule has 2 heterocycles.